The summed E-state index contributed by atoms with van der Waals surface area (Å²) in [7, 11) is 0. The number of benzene rings is 3. The van der Waals surface area contributed by atoms with E-state index in [2.05, 4.69) is 4.98 Å². The Kier molecular flexibility index (Phi) is 5.97. The molecule has 1 aromatic heterocycles. The lowest BCUT2D eigenvalue weighted by Gasteiger charge is -2.30. The number of thioether (sulfide) groups is 1. The van der Waals surface area contributed by atoms with Crippen LogP contribution in [0.2, 0.25) is 0 Å². The molecule has 6 rings (SSSR count). The van der Waals surface area contributed by atoms with E-state index in [1.807, 2.05) is 55.5 Å². The molecule has 37 heavy (non-hydrogen) atoms. The molecule has 2 aliphatic heterocycles. The Bertz CT molecular complexity index is 1580. The Morgan fingerprint density at radius 2 is 1.76 bits per heavy atom. The molecular formula is C28H21FN2O4S2. The first-order valence-electron chi connectivity index (χ1n) is 11.7. The number of halogens is 1. The Hall–Kier alpha value is -3.69. The lowest BCUT2D eigenvalue weighted by molar-refractivity contribution is -0.122. The number of fused-ring (bicyclic) bond motifs is 2. The summed E-state index contributed by atoms with van der Waals surface area (Å²) in [5.41, 5.74) is 3.20. The van der Waals surface area contributed by atoms with Gasteiger partial charge in [0.25, 0.3) is 0 Å². The number of aromatic nitrogens is 1. The maximum Gasteiger partial charge on any atom is 0.305 e. The Morgan fingerprint density at radius 1 is 0.973 bits per heavy atom. The molecule has 3 heterocycles. The highest BCUT2D eigenvalue weighted by Gasteiger charge is 2.56. The highest BCUT2D eigenvalue weighted by Crippen LogP contribution is 2.54. The van der Waals surface area contributed by atoms with E-state index in [-0.39, 0.29) is 16.7 Å². The number of thiazole rings is 1. The molecule has 186 valence electrons. The van der Waals surface area contributed by atoms with Crippen molar-refractivity contribution in [1.82, 2.24) is 4.98 Å². The van der Waals surface area contributed by atoms with Crippen LogP contribution >= 0.6 is 23.1 Å². The molecule has 9 heteroatoms. The van der Waals surface area contributed by atoms with Crippen molar-refractivity contribution in [3.8, 4) is 5.75 Å². The fraction of sp³-hybridized carbons (Fsp3) is 0.179. The summed E-state index contributed by atoms with van der Waals surface area (Å²) in [6, 6.07) is 20.8. The van der Waals surface area contributed by atoms with Crippen LogP contribution in [-0.4, -0.2) is 22.0 Å². The molecule has 1 N–H and O–H groups in total. The summed E-state index contributed by atoms with van der Waals surface area (Å²) < 4.78 is 19.8. The third kappa shape index (κ3) is 4.18. The molecule has 1 saturated heterocycles. The number of ether oxygens (including phenoxy) is 1. The van der Waals surface area contributed by atoms with Gasteiger partial charge in [-0.25, -0.2) is 9.29 Å². The number of hydrogen-bond donors (Lipinski definition) is 1. The maximum absolute atomic E-state index is 13.8. The molecular weight excluding hydrogens is 511 g/mol. The van der Waals surface area contributed by atoms with Crippen LogP contribution in [0.4, 0.5) is 10.1 Å². The van der Waals surface area contributed by atoms with Crippen LogP contribution in [0.3, 0.4) is 0 Å². The summed E-state index contributed by atoms with van der Waals surface area (Å²) in [4.78, 5) is 44.2. The van der Waals surface area contributed by atoms with Gasteiger partial charge >= 0.3 is 4.87 Å². The van der Waals surface area contributed by atoms with Crippen molar-refractivity contribution in [2.45, 2.75) is 29.7 Å². The van der Waals surface area contributed by atoms with E-state index < -0.39 is 22.9 Å². The van der Waals surface area contributed by atoms with Crippen LogP contribution in [-0.2, 0) is 16.2 Å². The van der Waals surface area contributed by atoms with Crippen LogP contribution in [0.15, 0.2) is 82.6 Å². The van der Waals surface area contributed by atoms with Crippen molar-refractivity contribution < 1.29 is 18.7 Å². The summed E-state index contributed by atoms with van der Waals surface area (Å²) in [6.07, 6.45) is 0. The van der Waals surface area contributed by atoms with Crippen molar-refractivity contribution in [2.24, 2.45) is 5.92 Å². The number of carbonyl (C=O) groups is 2. The number of nitrogens with zero attached hydrogens (tertiary/aromatic N) is 1. The monoisotopic (exact) mass is 532 g/mol. The Labute approximate surface area is 220 Å². The highest BCUT2D eigenvalue weighted by molar-refractivity contribution is 8.00. The average molecular weight is 533 g/mol. The molecule has 2 amide bonds. The fourth-order valence-electron chi connectivity index (χ4n) is 5.03. The van der Waals surface area contributed by atoms with Crippen molar-refractivity contribution in [3.63, 3.8) is 0 Å². The third-order valence-corrected chi connectivity index (χ3v) is 9.04. The average Bonchev–Trinajstić information content (AvgIpc) is 3.38. The molecule has 6 nitrogen and oxygen atoms in total. The quantitative estimate of drug-likeness (QED) is 0.355. The molecule has 1 fully saturated rings. The topological polar surface area (TPSA) is 79.5 Å². The number of para-hydroxylation sites is 1. The van der Waals surface area contributed by atoms with Crippen molar-refractivity contribution >= 4 is 40.6 Å². The summed E-state index contributed by atoms with van der Waals surface area (Å²) in [6.45, 7) is 2.35. The van der Waals surface area contributed by atoms with E-state index in [0.717, 1.165) is 32.9 Å². The summed E-state index contributed by atoms with van der Waals surface area (Å²) >= 11 is 2.26. The molecule has 2 aliphatic rings. The van der Waals surface area contributed by atoms with Crippen LogP contribution < -0.4 is 14.5 Å². The highest BCUT2D eigenvalue weighted by atomic mass is 32.2. The normalized spacial score (nSPS) is 20.6. The second-order valence-corrected chi connectivity index (χ2v) is 11.2. The lowest BCUT2D eigenvalue weighted by Crippen LogP contribution is -2.32. The zero-order valence-corrected chi connectivity index (χ0v) is 21.3. The van der Waals surface area contributed by atoms with Crippen LogP contribution in [0.1, 0.15) is 27.5 Å². The number of amides is 2. The summed E-state index contributed by atoms with van der Waals surface area (Å²) in [5.74, 6) is -1.92. The van der Waals surface area contributed by atoms with Gasteiger partial charge in [-0.2, -0.15) is 0 Å². The first-order valence-corrected chi connectivity index (χ1v) is 13.4. The first kappa shape index (κ1) is 23.7. The number of aryl methyl sites for hydroxylation is 1. The number of aromatic amines is 1. The number of rotatable bonds is 5. The molecule has 0 aliphatic carbocycles. The molecule has 0 saturated carbocycles. The van der Waals surface area contributed by atoms with Gasteiger partial charge in [-0.15, -0.1) is 0 Å². The number of H-pyrrole nitrogens is 1. The molecule has 0 bridgehead atoms. The van der Waals surface area contributed by atoms with Gasteiger partial charge in [0, 0.05) is 16.4 Å². The number of nitrogens with one attached hydrogen (secondary N) is 1. The van der Waals surface area contributed by atoms with E-state index in [1.54, 1.807) is 0 Å². The van der Waals surface area contributed by atoms with Gasteiger partial charge < -0.3 is 9.72 Å². The van der Waals surface area contributed by atoms with Crippen LogP contribution in [0, 0.1) is 18.7 Å². The second-order valence-electron chi connectivity index (χ2n) is 9.05. The lowest BCUT2D eigenvalue weighted by atomic mass is 9.82. The summed E-state index contributed by atoms with van der Waals surface area (Å²) in [5, 5.41) is -0.137. The molecule has 0 radical (unpaired) electrons. The number of carbonyl (C=O) groups excluding carboxylic acids is 2. The van der Waals surface area contributed by atoms with Crippen molar-refractivity contribution in [3.05, 3.63) is 110 Å². The molecule has 3 unspecified atom stereocenters. The van der Waals surface area contributed by atoms with E-state index >= 15 is 0 Å². The number of imide groups is 1. The number of anilines is 1. The van der Waals surface area contributed by atoms with Crippen LogP contribution in [0.5, 0.6) is 5.75 Å². The largest absolute Gasteiger partial charge is 0.489 e. The zero-order chi connectivity index (χ0) is 25.7. The molecule has 3 aromatic carbocycles. The molecule has 3 atom stereocenters. The third-order valence-electron chi connectivity index (χ3n) is 6.64. The predicted octanol–water partition coefficient (Wildman–Crippen LogP) is 5.26. The van der Waals surface area contributed by atoms with Crippen molar-refractivity contribution in [1.29, 1.82) is 0 Å². The Balaban J connectivity index is 1.42. The Morgan fingerprint density at radius 3 is 2.54 bits per heavy atom. The van der Waals surface area contributed by atoms with Gasteiger partial charge in [0.05, 0.1) is 16.6 Å². The minimum atomic E-state index is -0.745. The van der Waals surface area contributed by atoms with E-state index in [1.165, 1.54) is 36.0 Å². The van der Waals surface area contributed by atoms with Gasteiger partial charge in [0.15, 0.2) is 0 Å². The smallest absolute Gasteiger partial charge is 0.305 e. The standard InChI is InChI=1S/C28H21FN2O4S2/c1-15-5-4-6-16(13-15)14-35-20-8-3-2-7-19(20)21-22-24(36-25-23(21)37-28(34)30-25)27(33)31(26(22)32)18-11-9-17(29)10-12-18/h2-13,21-22,24H,14H2,1H3,(H,30,34). The van der Waals surface area contributed by atoms with Gasteiger partial charge in [-0.1, -0.05) is 71.1 Å². The van der Waals surface area contributed by atoms with Gasteiger partial charge in [0.1, 0.15) is 23.4 Å². The zero-order valence-electron chi connectivity index (χ0n) is 19.6. The van der Waals surface area contributed by atoms with E-state index in [9.17, 15) is 18.8 Å². The van der Waals surface area contributed by atoms with Crippen molar-refractivity contribution in [2.75, 3.05) is 4.90 Å². The maximum atomic E-state index is 13.8. The van der Waals surface area contributed by atoms with Gasteiger partial charge in [0.2, 0.25) is 11.8 Å². The fourth-order valence-corrected chi connectivity index (χ4v) is 7.53. The van der Waals surface area contributed by atoms with Crippen LogP contribution in [0.25, 0.3) is 0 Å². The van der Waals surface area contributed by atoms with Gasteiger partial charge in [-0.3, -0.25) is 14.4 Å². The van der Waals surface area contributed by atoms with E-state index in [4.69, 9.17) is 4.74 Å². The SMILES string of the molecule is Cc1cccc(COc2ccccc2C2c3sc(=O)[nH]c3SC3C(=O)N(c4ccc(F)cc4)C(=O)C32)c1. The minimum Gasteiger partial charge on any atom is -0.489 e. The number of hydrogen-bond acceptors (Lipinski definition) is 6. The first-order chi connectivity index (χ1) is 17.9. The molecule has 4 aromatic rings. The predicted molar refractivity (Wildman–Crippen MR) is 141 cm³/mol. The second kappa shape index (κ2) is 9.32. The van der Waals surface area contributed by atoms with E-state index in [0.29, 0.717) is 27.9 Å². The van der Waals surface area contributed by atoms with Gasteiger partial charge in [-0.05, 0) is 42.8 Å². The minimum absolute atomic E-state index is 0.240. The molecule has 0 spiro atoms.